The van der Waals surface area contributed by atoms with Crippen LogP contribution in [0.1, 0.15) is 22.3 Å². The molecule has 0 amide bonds. The van der Waals surface area contributed by atoms with E-state index in [4.69, 9.17) is 9.47 Å². The lowest BCUT2D eigenvalue weighted by atomic mass is 10.0. The quantitative estimate of drug-likeness (QED) is 0.357. The third kappa shape index (κ3) is 3.35. The van der Waals surface area contributed by atoms with Crippen LogP contribution in [0.4, 0.5) is 5.69 Å². The first-order valence-corrected chi connectivity index (χ1v) is 7.94. The molecule has 0 fully saturated rings. The van der Waals surface area contributed by atoms with Crippen molar-refractivity contribution in [2.75, 3.05) is 7.11 Å². The molecule has 0 saturated carbocycles. The van der Waals surface area contributed by atoms with E-state index in [-0.39, 0.29) is 11.4 Å². The van der Waals surface area contributed by atoms with Gasteiger partial charge in [0, 0.05) is 11.6 Å². The maximum atomic E-state index is 12.2. The zero-order valence-corrected chi connectivity index (χ0v) is 14.6. The zero-order chi connectivity index (χ0) is 18.8. The Kier molecular flexibility index (Phi) is 4.58. The number of benzene rings is 2. The van der Waals surface area contributed by atoms with E-state index in [1.165, 1.54) is 19.2 Å². The fourth-order valence-corrected chi connectivity index (χ4v) is 2.64. The van der Waals surface area contributed by atoms with Gasteiger partial charge in [0.2, 0.25) is 0 Å². The van der Waals surface area contributed by atoms with Gasteiger partial charge in [-0.25, -0.2) is 4.79 Å². The second kappa shape index (κ2) is 6.84. The first-order chi connectivity index (χ1) is 12.4. The van der Waals surface area contributed by atoms with Gasteiger partial charge < -0.3 is 9.47 Å². The highest BCUT2D eigenvalue weighted by Crippen LogP contribution is 2.31. The number of nitrogens with zero attached hydrogens (tertiary/aromatic N) is 1. The van der Waals surface area contributed by atoms with E-state index in [0.29, 0.717) is 16.9 Å². The van der Waals surface area contributed by atoms with Crippen molar-refractivity contribution in [3.05, 3.63) is 80.4 Å². The van der Waals surface area contributed by atoms with Gasteiger partial charge >= 0.3 is 11.7 Å². The minimum atomic E-state index is -0.524. The highest BCUT2D eigenvalue weighted by Gasteiger charge is 2.23. The van der Waals surface area contributed by atoms with Gasteiger partial charge in [0.1, 0.15) is 5.76 Å². The normalized spacial score (nSPS) is 15.0. The Bertz CT molecular complexity index is 972. The third-order valence-electron chi connectivity index (χ3n) is 4.24. The standard InChI is InChI=1S/C20H17NO5/c1-12-4-6-15(8-13(12)2)19-11-16(20(22)26-19)9-14-5-7-18(25-3)17(10-14)21(23)24/h4-11H,1-3H3/b16-9+. The van der Waals surface area contributed by atoms with Gasteiger partial charge in [-0.3, -0.25) is 10.1 Å². The molecule has 1 aliphatic rings. The summed E-state index contributed by atoms with van der Waals surface area (Å²) in [7, 11) is 1.37. The Balaban J connectivity index is 1.97. The molecule has 1 aliphatic heterocycles. The van der Waals surface area contributed by atoms with Crippen LogP contribution in [-0.4, -0.2) is 18.0 Å². The highest BCUT2D eigenvalue weighted by molar-refractivity contribution is 6.05. The van der Waals surface area contributed by atoms with Crippen molar-refractivity contribution in [3.8, 4) is 5.75 Å². The molecule has 2 aromatic rings. The predicted molar refractivity (Wildman–Crippen MR) is 97.6 cm³/mol. The largest absolute Gasteiger partial charge is 0.490 e. The number of carbonyl (C=O) groups excluding carboxylic acids is 1. The van der Waals surface area contributed by atoms with Crippen molar-refractivity contribution in [2.45, 2.75) is 13.8 Å². The SMILES string of the molecule is COc1ccc(/C=C2\C=C(c3ccc(C)c(C)c3)OC2=O)cc1[N+](=O)[O-]. The lowest BCUT2D eigenvalue weighted by Gasteiger charge is -2.05. The Morgan fingerprint density at radius 3 is 2.54 bits per heavy atom. The summed E-state index contributed by atoms with van der Waals surface area (Å²) in [6.07, 6.45) is 3.20. The third-order valence-corrected chi connectivity index (χ3v) is 4.24. The number of carbonyl (C=O) groups is 1. The molecule has 0 radical (unpaired) electrons. The van der Waals surface area contributed by atoms with Crippen molar-refractivity contribution in [1.82, 2.24) is 0 Å². The molecule has 6 heteroatoms. The zero-order valence-electron chi connectivity index (χ0n) is 14.6. The Morgan fingerprint density at radius 2 is 1.88 bits per heavy atom. The fraction of sp³-hybridized carbons (Fsp3) is 0.150. The molecular weight excluding hydrogens is 334 g/mol. The summed E-state index contributed by atoms with van der Waals surface area (Å²) in [5, 5.41) is 11.1. The van der Waals surface area contributed by atoms with E-state index in [2.05, 4.69) is 0 Å². The Labute approximate surface area is 150 Å². The van der Waals surface area contributed by atoms with E-state index in [0.717, 1.165) is 16.7 Å². The molecule has 0 aromatic heterocycles. The number of aryl methyl sites for hydroxylation is 2. The number of nitro benzene ring substituents is 1. The summed E-state index contributed by atoms with van der Waals surface area (Å²) >= 11 is 0. The Morgan fingerprint density at radius 1 is 1.12 bits per heavy atom. The molecule has 6 nitrogen and oxygen atoms in total. The lowest BCUT2D eigenvalue weighted by Crippen LogP contribution is -1.98. The van der Waals surface area contributed by atoms with Gasteiger partial charge in [-0.1, -0.05) is 18.2 Å². The summed E-state index contributed by atoms with van der Waals surface area (Å²) in [5.41, 5.74) is 3.75. The van der Waals surface area contributed by atoms with Gasteiger partial charge in [0.05, 0.1) is 17.6 Å². The van der Waals surface area contributed by atoms with Crippen molar-refractivity contribution < 1.29 is 19.2 Å². The molecule has 1 heterocycles. The monoisotopic (exact) mass is 351 g/mol. The van der Waals surface area contributed by atoms with E-state index < -0.39 is 10.9 Å². The van der Waals surface area contributed by atoms with Crippen LogP contribution in [0.25, 0.3) is 11.8 Å². The molecule has 26 heavy (non-hydrogen) atoms. The topological polar surface area (TPSA) is 78.7 Å². The maximum Gasteiger partial charge on any atom is 0.343 e. The van der Waals surface area contributed by atoms with Crippen molar-refractivity contribution in [2.24, 2.45) is 0 Å². The number of ether oxygens (including phenoxy) is 2. The van der Waals surface area contributed by atoms with E-state index in [1.54, 1.807) is 18.2 Å². The van der Waals surface area contributed by atoms with Gasteiger partial charge in [-0.2, -0.15) is 0 Å². The molecule has 0 unspecified atom stereocenters. The summed E-state index contributed by atoms with van der Waals surface area (Å²) in [5.74, 6) is 0.140. The average Bonchev–Trinajstić information content (AvgIpc) is 2.98. The molecule has 2 aromatic carbocycles. The fourth-order valence-electron chi connectivity index (χ4n) is 2.64. The molecule has 3 rings (SSSR count). The van der Waals surface area contributed by atoms with Gasteiger partial charge in [0.25, 0.3) is 0 Å². The number of cyclic esters (lactones) is 1. The highest BCUT2D eigenvalue weighted by atomic mass is 16.6. The number of hydrogen-bond acceptors (Lipinski definition) is 5. The van der Waals surface area contributed by atoms with Gasteiger partial charge in [-0.05, 0) is 54.8 Å². The molecule has 0 saturated heterocycles. The van der Waals surface area contributed by atoms with E-state index in [9.17, 15) is 14.9 Å². The number of rotatable bonds is 4. The van der Waals surface area contributed by atoms with Crippen LogP contribution in [0.2, 0.25) is 0 Å². The molecule has 0 spiro atoms. The molecule has 132 valence electrons. The second-order valence-electron chi connectivity index (χ2n) is 5.99. The minimum absolute atomic E-state index is 0.161. The van der Waals surface area contributed by atoms with Crippen LogP contribution in [0.15, 0.2) is 48.0 Å². The van der Waals surface area contributed by atoms with Gasteiger partial charge in [0.15, 0.2) is 5.75 Å². The average molecular weight is 351 g/mol. The predicted octanol–water partition coefficient (Wildman–Crippen LogP) is 4.20. The van der Waals surface area contributed by atoms with Crippen LogP contribution >= 0.6 is 0 Å². The van der Waals surface area contributed by atoms with E-state index >= 15 is 0 Å². The second-order valence-corrected chi connectivity index (χ2v) is 5.99. The smallest absolute Gasteiger partial charge is 0.343 e. The maximum absolute atomic E-state index is 12.2. The molecular formula is C20H17NO5. The summed E-state index contributed by atoms with van der Waals surface area (Å²) < 4.78 is 10.3. The summed E-state index contributed by atoms with van der Waals surface area (Å²) in [4.78, 5) is 22.8. The van der Waals surface area contributed by atoms with Crippen molar-refractivity contribution >= 4 is 23.5 Å². The number of esters is 1. The lowest BCUT2D eigenvalue weighted by molar-refractivity contribution is -0.385. The summed E-state index contributed by atoms with van der Waals surface area (Å²) in [6.45, 7) is 4.00. The first-order valence-electron chi connectivity index (χ1n) is 7.94. The molecule has 0 aliphatic carbocycles. The number of nitro groups is 1. The minimum Gasteiger partial charge on any atom is -0.490 e. The van der Waals surface area contributed by atoms with Gasteiger partial charge in [-0.15, -0.1) is 0 Å². The van der Waals surface area contributed by atoms with Crippen LogP contribution in [0.3, 0.4) is 0 Å². The number of hydrogen-bond donors (Lipinski definition) is 0. The van der Waals surface area contributed by atoms with Crippen LogP contribution in [0.5, 0.6) is 5.75 Å². The molecule has 0 N–H and O–H groups in total. The summed E-state index contributed by atoms with van der Waals surface area (Å²) in [6, 6.07) is 10.3. The molecule has 0 bridgehead atoms. The molecule has 0 atom stereocenters. The number of methoxy groups -OCH3 is 1. The van der Waals surface area contributed by atoms with Crippen LogP contribution < -0.4 is 4.74 Å². The van der Waals surface area contributed by atoms with Crippen LogP contribution in [-0.2, 0) is 9.53 Å². The Hall–Kier alpha value is -3.41. The first kappa shape index (κ1) is 17.4. The van der Waals surface area contributed by atoms with E-state index in [1.807, 2.05) is 32.0 Å². The van der Waals surface area contributed by atoms with Crippen molar-refractivity contribution in [1.29, 1.82) is 0 Å². The van der Waals surface area contributed by atoms with Crippen molar-refractivity contribution in [3.63, 3.8) is 0 Å². The van der Waals surface area contributed by atoms with Crippen LogP contribution in [0, 0.1) is 24.0 Å².